The van der Waals surface area contributed by atoms with Gasteiger partial charge in [-0.15, -0.1) is 0 Å². The van der Waals surface area contributed by atoms with Crippen LogP contribution in [0, 0.1) is 6.92 Å². The average molecular weight is 240 g/mol. The summed E-state index contributed by atoms with van der Waals surface area (Å²) < 4.78 is 5.10. The molecule has 2 aromatic rings. The van der Waals surface area contributed by atoms with E-state index in [9.17, 15) is 4.79 Å². The first-order valence-electron chi connectivity index (χ1n) is 5.64. The Morgan fingerprint density at radius 1 is 1.11 bits per heavy atom. The maximum absolute atomic E-state index is 11.5. The molecule has 18 heavy (non-hydrogen) atoms. The van der Waals surface area contributed by atoms with E-state index in [1.54, 1.807) is 12.1 Å². The molecular weight excluding hydrogens is 226 g/mol. The number of benzene rings is 2. The summed E-state index contributed by atoms with van der Waals surface area (Å²) in [7, 11) is 0. The molecule has 0 unspecified atom stereocenters. The quantitative estimate of drug-likeness (QED) is 0.889. The van der Waals surface area contributed by atoms with Gasteiger partial charge in [0.2, 0.25) is 0 Å². The summed E-state index contributed by atoms with van der Waals surface area (Å²) in [4.78, 5) is 11.5. The normalized spacial score (nSPS) is 9.83. The molecule has 1 radical (unpaired) electrons. The molecule has 1 amide bonds. The molecule has 0 aliphatic carbocycles. The summed E-state index contributed by atoms with van der Waals surface area (Å²) in [5, 5.41) is 2.65. The van der Waals surface area contributed by atoms with Crippen LogP contribution in [0.1, 0.15) is 11.1 Å². The van der Waals surface area contributed by atoms with Crippen molar-refractivity contribution in [3.8, 4) is 0 Å². The predicted molar refractivity (Wildman–Crippen MR) is 71.2 cm³/mol. The van der Waals surface area contributed by atoms with Gasteiger partial charge in [0, 0.05) is 5.69 Å². The highest BCUT2D eigenvalue weighted by atomic mass is 16.5. The molecule has 0 saturated heterocycles. The lowest BCUT2D eigenvalue weighted by Gasteiger charge is -2.07. The van der Waals surface area contributed by atoms with Crippen LogP contribution in [-0.4, -0.2) is 6.09 Å². The van der Waals surface area contributed by atoms with Crippen LogP contribution in [-0.2, 0) is 11.3 Å². The first kappa shape index (κ1) is 12.2. The van der Waals surface area contributed by atoms with Gasteiger partial charge in [-0.25, -0.2) is 4.79 Å². The minimum atomic E-state index is -0.468. The van der Waals surface area contributed by atoms with E-state index in [0.29, 0.717) is 5.69 Å². The van der Waals surface area contributed by atoms with Crippen molar-refractivity contribution in [2.75, 3.05) is 5.32 Å². The number of hydrogen-bond acceptors (Lipinski definition) is 2. The van der Waals surface area contributed by atoms with E-state index >= 15 is 0 Å². The Kier molecular flexibility index (Phi) is 3.97. The second-order valence-corrected chi connectivity index (χ2v) is 3.89. The molecule has 0 saturated carbocycles. The van der Waals surface area contributed by atoms with Crippen LogP contribution >= 0.6 is 0 Å². The van der Waals surface area contributed by atoms with Crippen molar-refractivity contribution in [1.29, 1.82) is 0 Å². The van der Waals surface area contributed by atoms with Crippen molar-refractivity contribution >= 4 is 11.8 Å². The monoisotopic (exact) mass is 240 g/mol. The maximum Gasteiger partial charge on any atom is 0.411 e. The lowest BCUT2D eigenvalue weighted by atomic mass is 10.2. The molecule has 0 bridgehead atoms. The van der Waals surface area contributed by atoms with E-state index in [0.717, 1.165) is 11.1 Å². The van der Waals surface area contributed by atoms with Crippen molar-refractivity contribution in [1.82, 2.24) is 0 Å². The standard InChI is InChI=1S/C15H14NO2/c1-12-6-5-9-14(10-12)16-15(17)18-11-13-7-3-2-4-8-13/h2-10H,1,11H2,(H,16,17). The fourth-order valence-electron chi connectivity index (χ4n) is 1.53. The summed E-state index contributed by atoms with van der Waals surface area (Å²) in [6.07, 6.45) is -0.468. The van der Waals surface area contributed by atoms with E-state index in [4.69, 9.17) is 4.74 Å². The van der Waals surface area contributed by atoms with Crippen LogP contribution < -0.4 is 5.32 Å². The fourth-order valence-corrected chi connectivity index (χ4v) is 1.53. The molecule has 0 aliphatic rings. The van der Waals surface area contributed by atoms with Crippen LogP contribution in [0.15, 0.2) is 54.6 Å². The van der Waals surface area contributed by atoms with Crippen molar-refractivity contribution in [2.45, 2.75) is 6.61 Å². The molecule has 0 heterocycles. The van der Waals surface area contributed by atoms with Crippen LogP contribution in [0.25, 0.3) is 0 Å². The summed E-state index contributed by atoms with van der Waals surface area (Å²) in [5.74, 6) is 0. The second kappa shape index (κ2) is 5.87. The van der Waals surface area contributed by atoms with E-state index in [1.807, 2.05) is 42.5 Å². The lowest BCUT2D eigenvalue weighted by Crippen LogP contribution is -2.13. The Hall–Kier alpha value is -2.29. The van der Waals surface area contributed by atoms with Gasteiger partial charge in [0.15, 0.2) is 0 Å². The number of hydrogen-bond donors (Lipinski definition) is 1. The Morgan fingerprint density at radius 2 is 1.89 bits per heavy atom. The van der Waals surface area contributed by atoms with Gasteiger partial charge >= 0.3 is 6.09 Å². The van der Waals surface area contributed by atoms with Gasteiger partial charge in [0.05, 0.1) is 0 Å². The number of amides is 1. The highest BCUT2D eigenvalue weighted by Gasteiger charge is 2.03. The maximum atomic E-state index is 11.5. The molecule has 0 aliphatic heterocycles. The van der Waals surface area contributed by atoms with Gasteiger partial charge in [-0.1, -0.05) is 42.5 Å². The number of carbonyl (C=O) groups is 1. The van der Waals surface area contributed by atoms with Gasteiger partial charge < -0.3 is 4.74 Å². The lowest BCUT2D eigenvalue weighted by molar-refractivity contribution is 0.155. The smallest absolute Gasteiger partial charge is 0.411 e. The van der Waals surface area contributed by atoms with E-state index < -0.39 is 6.09 Å². The van der Waals surface area contributed by atoms with Crippen LogP contribution in [0.4, 0.5) is 10.5 Å². The third-order valence-electron chi connectivity index (χ3n) is 2.39. The Balaban J connectivity index is 1.86. The Labute approximate surface area is 106 Å². The third-order valence-corrected chi connectivity index (χ3v) is 2.39. The molecule has 2 aromatic carbocycles. The van der Waals surface area contributed by atoms with Gasteiger partial charge in [-0.05, 0) is 30.2 Å². The number of nitrogens with one attached hydrogen (secondary N) is 1. The van der Waals surface area contributed by atoms with Gasteiger partial charge in [0.25, 0.3) is 0 Å². The molecule has 0 spiro atoms. The average Bonchev–Trinajstić information content (AvgIpc) is 2.38. The molecule has 0 fully saturated rings. The zero-order valence-corrected chi connectivity index (χ0v) is 9.93. The topological polar surface area (TPSA) is 38.3 Å². The first-order chi connectivity index (χ1) is 8.74. The highest BCUT2D eigenvalue weighted by Crippen LogP contribution is 2.10. The van der Waals surface area contributed by atoms with Crippen molar-refractivity contribution in [2.24, 2.45) is 0 Å². The summed E-state index contributed by atoms with van der Waals surface area (Å²) in [5.41, 5.74) is 2.48. The number of rotatable bonds is 3. The van der Waals surface area contributed by atoms with Crippen molar-refractivity contribution in [3.63, 3.8) is 0 Å². The van der Waals surface area contributed by atoms with Crippen molar-refractivity contribution in [3.05, 3.63) is 72.6 Å². The summed E-state index contributed by atoms with van der Waals surface area (Å²) >= 11 is 0. The predicted octanol–water partition coefficient (Wildman–Crippen LogP) is 3.62. The molecule has 1 N–H and O–H groups in total. The van der Waals surface area contributed by atoms with Gasteiger partial charge in [-0.2, -0.15) is 0 Å². The summed E-state index contributed by atoms with van der Waals surface area (Å²) in [6.45, 7) is 4.05. The minimum Gasteiger partial charge on any atom is -0.444 e. The largest absolute Gasteiger partial charge is 0.444 e. The zero-order chi connectivity index (χ0) is 12.8. The molecule has 3 nitrogen and oxygen atoms in total. The van der Waals surface area contributed by atoms with Gasteiger partial charge in [0.1, 0.15) is 6.61 Å². The van der Waals surface area contributed by atoms with Crippen LogP contribution in [0.2, 0.25) is 0 Å². The van der Waals surface area contributed by atoms with Crippen LogP contribution in [0.5, 0.6) is 0 Å². The Bertz CT molecular complexity index is 523. The molecule has 0 atom stereocenters. The molecular formula is C15H14NO2. The van der Waals surface area contributed by atoms with Crippen molar-refractivity contribution < 1.29 is 9.53 Å². The third kappa shape index (κ3) is 3.63. The second-order valence-electron chi connectivity index (χ2n) is 3.89. The minimum absolute atomic E-state index is 0.261. The zero-order valence-electron chi connectivity index (χ0n) is 9.93. The number of anilines is 1. The SMILES string of the molecule is [CH2]c1cccc(NC(=O)OCc2ccccc2)c1. The number of ether oxygens (including phenoxy) is 1. The summed E-state index contributed by atoms with van der Waals surface area (Å²) in [6, 6.07) is 16.8. The molecule has 91 valence electrons. The molecule has 0 aromatic heterocycles. The van der Waals surface area contributed by atoms with Gasteiger partial charge in [-0.3, -0.25) is 5.32 Å². The molecule has 2 rings (SSSR count). The van der Waals surface area contributed by atoms with E-state index in [-0.39, 0.29) is 6.61 Å². The first-order valence-corrected chi connectivity index (χ1v) is 5.64. The van der Waals surface area contributed by atoms with E-state index in [1.165, 1.54) is 0 Å². The Morgan fingerprint density at radius 3 is 2.61 bits per heavy atom. The fraction of sp³-hybridized carbons (Fsp3) is 0.0667. The number of carbonyl (C=O) groups excluding carboxylic acids is 1. The highest BCUT2D eigenvalue weighted by molar-refractivity contribution is 5.84. The van der Waals surface area contributed by atoms with E-state index in [2.05, 4.69) is 12.2 Å². The molecule has 3 heteroatoms. The van der Waals surface area contributed by atoms with Crippen LogP contribution in [0.3, 0.4) is 0 Å².